The lowest BCUT2D eigenvalue weighted by atomic mass is 10.2. The molecule has 0 bridgehead atoms. The fourth-order valence-corrected chi connectivity index (χ4v) is 3.49. The van der Waals surface area contributed by atoms with Crippen molar-refractivity contribution in [1.29, 1.82) is 0 Å². The van der Waals surface area contributed by atoms with Crippen LogP contribution in [-0.4, -0.2) is 21.3 Å². The molecule has 1 heterocycles. The topological polar surface area (TPSA) is 57.6 Å². The molecular formula is C17H10FNO3S2. The second-order valence-corrected chi connectivity index (χ2v) is 6.60. The van der Waals surface area contributed by atoms with Gasteiger partial charge in [0.2, 0.25) is 0 Å². The summed E-state index contributed by atoms with van der Waals surface area (Å²) in [6.45, 7) is 0. The number of carboxylic acids is 1. The Morgan fingerprint density at radius 3 is 2.54 bits per heavy atom. The van der Waals surface area contributed by atoms with Gasteiger partial charge in [-0.25, -0.2) is 9.18 Å². The number of carbonyl (C=O) groups is 2. The van der Waals surface area contributed by atoms with E-state index in [1.807, 2.05) is 0 Å². The monoisotopic (exact) mass is 359 g/mol. The quantitative estimate of drug-likeness (QED) is 0.665. The maximum absolute atomic E-state index is 13.3. The lowest BCUT2D eigenvalue weighted by Gasteiger charge is -2.14. The first-order valence-electron chi connectivity index (χ1n) is 6.82. The van der Waals surface area contributed by atoms with E-state index in [0.29, 0.717) is 20.5 Å². The van der Waals surface area contributed by atoms with Crippen molar-refractivity contribution in [3.63, 3.8) is 0 Å². The minimum atomic E-state index is -1.04. The molecule has 0 atom stereocenters. The Hall–Kier alpha value is -2.51. The second kappa shape index (κ2) is 6.54. The Morgan fingerprint density at radius 1 is 1.21 bits per heavy atom. The third-order valence-corrected chi connectivity index (χ3v) is 4.61. The summed E-state index contributed by atoms with van der Waals surface area (Å²) in [6, 6.07) is 11.8. The van der Waals surface area contributed by atoms with E-state index in [1.54, 1.807) is 18.2 Å². The number of thioether (sulfide) groups is 1. The van der Waals surface area contributed by atoms with E-state index < -0.39 is 5.97 Å². The first-order chi connectivity index (χ1) is 11.5. The van der Waals surface area contributed by atoms with Crippen molar-refractivity contribution in [2.24, 2.45) is 0 Å². The van der Waals surface area contributed by atoms with Crippen LogP contribution in [0.1, 0.15) is 15.9 Å². The van der Waals surface area contributed by atoms with Crippen LogP contribution in [0.2, 0.25) is 0 Å². The Bertz CT molecular complexity index is 878. The number of thiocarbonyl (C=S) groups is 1. The average molecular weight is 359 g/mol. The summed E-state index contributed by atoms with van der Waals surface area (Å²) in [5.41, 5.74) is 1.18. The third-order valence-electron chi connectivity index (χ3n) is 3.31. The number of amides is 1. The Labute approximate surface area is 146 Å². The van der Waals surface area contributed by atoms with E-state index in [-0.39, 0.29) is 17.3 Å². The molecule has 3 rings (SSSR count). The van der Waals surface area contributed by atoms with Gasteiger partial charge in [-0.05, 0) is 48.0 Å². The maximum Gasteiger partial charge on any atom is 0.335 e. The van der Waals surface area contributed by atoms with E-state index in [9.17, 15) is 14.0 Å². The summed E-state index contributed by atoms with van der Waals surface area (Å²) in [4.78, 5) is 25.2. The number of carbonyl (C=O) groups excluding carboxylic acids is 1. The molecule has 7 heteroatoms. The van der Waals surface area contributed by atoms with Crippen molar-refractivity contribution >= 4 is 51.9 Å². The van der Waals surface area contributed by atoms with Gasteiger partial charge >= 0.3 is 5.97 Å². The lowest BCUT2D eigenvalue weighted by molar-refractivity contribution is -0.113. The van der Waals surface area contributed by atoms with Gasteiger partial charge in [0, 0.05) is 0 Å². The van der Waals surface area contributed by atoms with Gasteiger partial charge in [-0.1, -0.05) is 36.1 Å². The molecule has 24 heavy (non-hydrogen) atoms. The number of anilines is 1. The number of hydrogen-bond acceptors (Lipinski definition) is 4. The third kappa shape index (κ3) is 3.22. The van der Waals surface area contributed by atoms with E-state index >= 15 is 0 Å². The van der Waals surface area contributed by atoms with Crippen molar-refractivity contribution in [2.75, 3.05) is 4.90 Å². The zero-order valence-electron chi connectivity index (χ0n) is 12.1. The normalized spacial score (nSPS) is 16.0. The molecule has 2 aromatic carbocycles. The van der Waals surface area contributed by atoms with E-state index in [4.69, 9.17) is 17.3 Å². The predicted octanol–water partition coefficient (Wildman–Crippen LogP) is 3.93. The molecule has 1 N–H and O–H groups in total. The number of benzene rings is 2. The first-order valence-corrected chi connectivity index (χ1v) is 8.05. The molecule has 4 nitrogen and oxygen atoms in total. The van der Waals surface area contributed by atoms with Crippen molar-refractivity contribution in [3.05, 3.63) is 70.4 Å². The minimum absolute atomic E-state index is 0.125. The Morgan fingerprint density at radius 2 is 1.92 bits per heavy atom. The standard InChI is InChI=1S/C17H10FNO3S2/c18-12-3-1-2-10(8-12)9-14-15(20)19(17(23)24-14)13-6-4-11(5-7-13)16(21)22/h1-9H,(H,21,22)/b14-9-. The average Bonchev–Trinajstić information content (AvgIpc) is 2.81. The molecule has 1 aliphatic rings. The fraction of sp³-hybridized carbons (Fsp3) is 0. The molecule has 1 saturated heterocycles. The van der Waals surface area contributed by atoms with Gasteiger partial charge in [0.05, 0.1) is 16.2 Å². The number of carboxylic acid groups (broad SMARTS) is 1. The number of nitrogens with zero attached hydrogens (tertiary/aromatic N) is 1. The van der Waals surface area contributed by atoms with E-state index in [1.165, 1.54) is 41.3 Å². The van der Waals surface area contributed by atoms with E-state index in [2.05, 4.69) is 0 Å². The molecule has 2 aromatic rings. The molecule has 0 aromatic heterocycles. The van der Waals surface area contributed by atoms with Gasteiger partial charge in [0.1, 0.15) is 5.82 Å². The van der Waals surface area contributed by atoms with E-state index in [0.717, 1.165) is 11.8 Å². The SMILES string of the molecule is O=C(O)c1ccc(N2C(=O)/C(=C/c3cccc(F)c3)SC2=S)cc1. The zero-order valence-corrected chi connectivity index (χ0v) is 13.7. The van der Waals surface area contributed by atoms with Gasteiger partial charge in [-0.2, -0.15) is 0 Å². The van der Waals surface area contributed by atoms with Gasteiger partial charge < -0.3 is 5.11 Å². The van der Waals surface area contributed by atoms with Crippen LogP contribution in [0.4, 0.5) is 10.1 Å². The fourth-order valence-electron chi connectivity index (χ4n) is 2.19. The Balaban J connectivity index is 1.90. The molecule has 0 unspecified atom stereocenters. The van der Waals surface area contributed by atoms with Crippen LogP contribution in [0.25, 0.3) is 6.08 Å². The molecule has 0 aliphatic carbocycles. The maximum atomic E-state index is 13.3. The van der Waals surface area contributed by atoms with Crippen molar-refractivity contribution < 1.29 is 19.1 Å². The summed E-state index contributed by atoms with van der Waals surface area (Å²) in [5.74, 6) is -1.75. The van der Waals surface area contributed by atoms with Crippen molar-refractivity contribution in [3.8, 4) is 0 Å². The highest BCUT2D eigenvalue weighted by molar-refractivity contribution is 8.27. The van der Waals surface area contributed by atoms with Crippen molar-refractivity contribution in [2.45, 2.75) is 0 Å². The molecule has 0 saturated carbocycles. The van der Waals surface area contributed by atoms with Crippen molar-refractivity contribution in [1.82, 2.24) is 0 Å². The van der Waals surface area contributed by atoms with Gasteiger partial charge in [0.25, 0.3) is 5.91 Å². The largest absolute Gasteiger partial charge is 0.478 e. The van der Waals surface area contributed by atoms with Crippen LogP contribution < -0.4 is 4.90 Å². The predicted molar refractivity (Wildman–Crippen MR) is 95.5 cm³/mol. The van der Waals surface area contributed by atoms with Crippen LogP contribution >= 0.6 is 24.0 Å². The highest BCUT2D eigenvalue weighted by atomic mass is 32.2. The van der Waals surface area contributed by atoms with Crippen LogP contribution in [0.3, 0.4) is 0 Å². The Kier molecular flexibility index (Phi) is 4.46. The molecule has 0 spiro atoms. The van der Waals surface area contributed by atoms with Gasteiger partial charge in [-0.3, -0.25) is 9.69 Å². The number of aromatic carboxylic acids is 1. The molecule has 1 amide bonds. The molecular weight excluding hydrogens is 349 g/mol. The minimum Gasteiger partial charge on any atom is -0.478 e. The second-order valence-electron chi connectivity index (χ2n) is 4.92. The first kappa shape index (κ1) is 16.4. The summed E-state index contributed by atoms with van der Waals surface area (Å²) in [6.07, 6.45) is 1.58. The number of halogens is 1. The van der Waals surface area contributed by atoms with Crippen LogP contribution in [0.15, 0.2) is 53.4 Å². The smallest absolute Gasteiger partial charge is 0.335 e. The van der Waals surface area contributed by atoms with Gasteiger partial charge in [0.15, 0.2) is 4.32 Å². The summed E-state index contributed by atoms with van der Waals surface area (Å²) >= 11 is 6.36. The highest BCUT2D eigenvalue weighted by Gasteiger charge is 2.33. The summed E-state index contributed by atoms with van der Waals surface area (Å²) in [5, 5.41) is 8.92. The highest BCUT2D eigenvalue weighted by Crippen LogP contribution is 2.36. The lowest BCUT2D eigenvalue weighted by Crippen LogP contribution is -2.27. The molecule has 0 radical (unpaired) electrons. The summed E-state index contributed by atoms with van der Waals surface area (Å²) < 4.78 is 13.6. The number of rotatable bonds is 3. The van der Waals surface area contributed by atoms with Crippen LogP contribution in [0.5, 0.6) is 0 Å². The van der Waals surface area contributed by atoms with Gasteiger partial charge in [-0.15, -0.1) is 0 Å². The number of hydrogen-bond donors (Lipinski definition) is 1. The van der Waals surface area contributed by atoms with Crippen LogP contribution in [0, 0.1) is 5.82 Å². The summed E-state index contributed by atoms with van der Waals surface area (Å²) in [7, 11) is 0. The molecule has 1 fully saturated rings. The molecule has 1 aliphatic heterocycles. The molecule has 120 valence electrons. The van der Waals surface area contributed by atoms with Crippen LogP contribution in [-0.2, 0) is 4.79 Å². The zero-order chi connectivity index (χ0) is 17.3.